The van der Waals surface area contributed by atoms with Gasteiger partial charge in [0.15, 0.2) is 5.60 Å². The maximum atomic E-state index is 14.1. The number of carboxylic acid groups (broad SMARTS) is 1. The molecule has 0 fully saturated rings. The highest BCUT2D eigenvalue weighted by molar-refractivity contribution is 6.06. The van der Waals surface area contributed by atoms with Crippen LogP contribution in [0.3, 0.4) is 0 Å². The number of carboxylic acids is 1. The van der Waals surface area contributed by atoms with E-state index in [1.165, 1.54) is 26.0 Å². The van der Waals surface area contributed by atoms with E-state index < -0.39 is 29.1 Å². The predicted octanol–water partition coefficient (Wildman–Crippen LogP) is 5.61. The van der Waals surface area contributed by atoms with Gasteiger partial charge in [-0.2, -0.15) is 0 Å². The maximum Gasteiger partial charge on any atom is 0.347 e. The molecule has 168 valence electrons. The van der Waals surface area contributed by atoms with Crippen LogP contribution in [0.2, 0.25) is 0 Å². The van der Waals surface area contributed by atoms with Crippen LogP contribution in [0.1, 0.15) is 24.3 Å². The van der Waals surface area contributed by atoms with Crippen LogP contribution >= 0.6 is 0 Å². The molecule has 6 nitrogen and oxygen atoms in total. The molecule has 0 bridgehead atoms. The molecule has 0 unspecified atom stereocenters. The molecule has 1 aromatic heterocycles. The van der Waals surface area contributed by atoms with Crippen molar-refractivity contribution in [2.24, 2.45) is 0 Å². The molecule has 0 saturated heterocycles. The maximum absolute atomic E-state index is 14.1. The van der Waals surface area contributed by atoms with Gasteiger partial charge in [0.25, 0.3) is 5.91 Å². The summed E-state index contributed by atoms with van der Waals surface area (Å²) in [4.78, 5) is 27.0. The highest BCUT2D eigenvalue weighted by Crippen LogP contribution is 2.27. The Labute approximate surface area is 187 Å². The van der Waals surface area contributed by atoms with Gasteiger partial charge in [-0.05, 0) is 61.9 Å². The first-order chi connectivity index (χ1) is 15.6. The number of rotatable bonds is 6. The number of fused-ring (bicyclic) bond motifs is 1. The summed E-state index contributed by atoms with van der Waals surface area (Å²) in [5, 5.41) is 12.7. The van der Waals surface area contributed by atoms with Crippen molar-refractivity contribution in [3.63, 3.8) is 0 Å². The second-order valence-electron chi connectivity index (χ2n) is 8.01. The molecule has 1 heterocycles. The summed E-state index contributed by atoms with van der Waals surface area (Å²) in [6, 6.07) is 16.5. The van der Waals surface area contributed by atoms with Gasteiger partial charge < -0.3 is 20.1 Å². The first-order valence-corrected chi connectivity index (χ1v) is 10.0. The van der Waals surface area contributed by atoms with Crippen molar-refractivity contribution >= 4 is 28.5 Å². The van der Waals surface area contributed by atoms with Gasteiger partial charge in [-0.15, -0.1) is 0 Å². The number of amides is 1. The molecule has 4 aromatic rings. The standard InChI is InChI=1S/C25H20F2N2O4/c1-25(2,24(31)32)33-18-8-6-15-11-22(29-21(15)13-18)23(30)28-17-5-3-4-14(10-17)19-9-7-16(26)12-20(19)27/h3-13,29H,1-2H3,(H,28,30)(H,31,32). The highest BCUT2D eigenvalue weighted by Gasteiger charge is 2.29. The Morgan fingerprint density at radius 3 is 2.52 bits per heavy atom. The second-order valence-corrected chi connectivity index (χ2v) is 8.01. The minimum absolute atomic E-state index is 0.218. The lowest BCUT2D eigenvalue weighted by Gasteiger charge is -2.21. The third-order valence-corrected chi connectivity index (χ3v) is 5.09. The van der Waals surface area contributed by atoms with Crippen molar-refractivity contribution in [2.75, 3.05) is 5.32 Å². The third kappa shape index (κ3) is 4.69. The lowest BCUT2D eigenvalue weighted by molar-refractivity contribution is -0.152. The number of benzene rings is 3. The first kappa shape index (κ1) is 22.0. The van der Waals surface area contributed by atoms with E-state index in [4.69, 9.17) is 4.74 Å². The summed E-state index contributed by atoms with van der Waals surface area (Å²) in [6.45, 7) is 2.89. The average Bonchev–Trinajstić information content (AvgIpc) is 3.17. The van der Waals surface area contributed by atoms with E-state index in [0.717, 1.165) is 11.5 Å². The quantitative estimate of drug-likeness (QED) is 0.356. The molecule has 8 heteroatoms. The molecule has 0 aliphatic carbocycles. The van der Waals surface area contributed by atoms with E-state index in [0.29, 0.717) is 22.5 Å². The van der Waals surface area contributed by atoms with Crippen LogP contribution in [-0.2, 0) is 4.79 Å². The number of anilines is 1. The van der Waals surface area contributed by atoms with Gasteiger partial charge in [0.1, 0.15) is 23.1 Å². The minimum Gasteiger partial charge on any atom is -0.478 e. The van der Waals surface area contributed by atoms with Gasteiger partial charge in [0, 0.05) is 34.3 Å². The van der Waals surface area contributed by atoms with E-state index in [9.17, 15) is 23.5 Å². The lowest BCUT2D eigenvalue weighted by atomic mass is 10.0. The molecule has 0 spiro atoms. The fourth-order valence-electron chi connectivity index (χ4n) is 3.32. The molecule has 33 heavy (non-hydrogen) atoms. The van der Waals surface area contributed by atoms with E-state index >= 15 is 0 Å². The Morgan fingerprint density at radius 2 is 1.79 bits per heavy atom. The number of nitrogens with one attached hydrogen (secondary N) is 2. The van der Waals surface area contributed by atoms with Gasteiger partial charge in [-0.1, -0.05) is 12.1 Å². The van der Waals surface area contributed by atoms with Crippen LogP contribution in [0.15, 0.2) is 66.7 Å². The molecule has 0 radical (unpaired) electrons. The zero-order chi connectivity index (χ0) is 23.8. The van der Waals surface area contributed by atoms with Crippen LogP contribution in [0.25, 0.3) is 22.0 Å². The van der Waals surface area contributed by atoms with E-state index in [2.05, 4.69) is 10.3 Å². The highest BCUT2D eigenvalue weighted by atomic mass is 19.1. The molecular weight excluding hydrogens is 430 g/mol. The molecule has 1 amide bonds. The van der Waals surface area contributed by atoms with Crippen LogP contribution in [0.4, 0.5) is 14.5 Å². The molecule has 3 aromatic carbocycles. The largest absolute Gasteiger partial charge is 0.478 e. The van der Waals surface area contributed by atoms with Gasteiger partial charge in [-0.3, -0.25) is 4.79 Å². The number of hydrogen-bond acceptors (Lipinski definition) is 3. The van der Waals surface area contributed by atoms with Crippen molar-refractivity contribution in [1.82, 2.24) is 4.98 Å². The molecule has 0 aliphatic rings. The van der Waals surface area contributed by atoms with Gasteiger partial charge in [0.05, 0.1) is 0 Å². The number of carbonyl (C=O) groups excluding carboxylic acids is 1. The Kier molecular flexibility index (Phi) is 5.59. The summed E-state index contributed by atoms with van der Waals surface area (Å²) in [5.74, 6) is -2.54. The minimum atomic E-state index is -1.41. The Balaban J connectivity index is 1.55. The summed E-state index contributed by atoms with van der Waals surface area (Å²) < 4.78 is 32.8. The Morgan fingerprint density at radius 1 is 1.00 bits per heavy atom. The number of carbonyl (C=O) groups is 2. The van der Waals surface area contributed by atoms with Crippen LogP contribution in [0, 0.1) is 11.6 Å². The lowest BCUT2D eigenvalue weighted by Crippen LogP contribution is -2.37. The number of aromatic amines is 1. The normalized spacial score (nSPS) is 11.4. The van der Waals surface area contributed by atoms with Crippen LogP contribution in [0.5, 0.6) is 5.75 Å². The molecule has 4 rings (SSSR count). The zero-order valence-electron chi connectivity index (χ0n) is 17.8. The summed E-state index contributed by atoms with van der Waals surface area (Å²) in [5.41, 5.74) is 0.612. The number of halogens is 2. The topological polar surface area (TPSA) is 91.4 Å². The monoisotopic (exact) mass is 450 g/mol. The number of ether oxygens (including phenoxy) is 1. The fraction of sp³-hybridized carbons (Fsp3) is 0.120. The van der Waals surface area contributed by atoms with Crippen LogP contribution in [-0.4, -0.2) is 27.6 Å². The van der Waals surface area contributed by atoms with Crippen molar-refractivity contribution in [3.05, 3.63) is 84.1 Å². The molecular formula is C25H20F2N2O4. The summed E-state index contributed by atoms with van der Waals surface area (Å²) >= 11 is 0. The summed E-state index contributed by atoms with van der Waals surface area (Å²) in [7, 11) is 0. The Bertz CT molecular complexity index is 1380. The zero-order valence-corrected chi connectivity index (χ0v) is 17.8. The average molecular weight is 450 g/mol. The Hall–Kier alpha value is -4.20. The van der Waals surface area contributed by atoms with Gasteiger partial charge >= 0.3 is 5.97 Å². The van der Waals surface area contributed by atoms with E-state index in [-0.39, 0.29) is 11.3 Å². The van der Waals surface area contributed by atoms with Crippen LogP contribution < -0.4 is 10.1 Å². The van der Waals surface area contributed by atoms with Gasteiger partial charge in [0.2, 0.25) is 0 Å². The SMILES string of the molecule is CC(C)(Oc1ccc2cc(C(=O)Nc3cccc(-c4ccc(F)cc4F)c3)[nH]c2c1)C(=O)O. The number of hydrogen-bond donors (Lipinski definition) is 3. The molecule has 3 N–H and O–H groups in total. The van der Waals surface area contributed by atoms with Crippen molar-refractivity contribution in [1.29, 1.82) is 0 Å². The van der Waals surface area contributed by atoms with Crippen molar-refractivity contribution in [2.45, 2.75) is 19.4 Å². The van der Waals surface area contributed by atoms with Crippen molar-refractivity contribution in [3.8, 4) is 16.9 Å². The second kappa shape index (κ2) is 8.38. The van der Waals surface area contributed by atoms with Crippen molar-refractivity contribution < 1.29 is 28.2 Å². The molecule has 0 aliphatic heterocycles. The third-order valence-electron chi connectivity index (χ3n) is 5.09. The fourth-order valence-corrected chi connectivity index (χ4v) is 3.32. The van der Waals surface area contributed by atoms with E-state index in [1.54, 1.807) is 48.5 Å². The number of aromatic nitrogens is 1. The van der Waals surface area contributed by atoms with E-state index in [1.807, 2.05) is 0 Å². The number of H-pyrrole nitrogens is 1. The predicted molar refractivity (Wildman–Crippen MR) is 120 cm³/mol. The van der Waals surface area contributed by atoms with Gasteiger partial charge in [-0.25, -0.2) is 13.6 Å². The summed E-state index contributed by atoms with van der Waals surface area (Å²) in [6.07, 6.45) is 0. The molecule has 0 atom stereocenters. The smallest absolute Gasteiger partial charge is 0.347 e. The number of aliphatic carboxylic acids is 1. The first-order valence-electron chi connectivity index (χ1n) is 10.0. The molecule has 0 saturated carbocycles.